The molecule has 1 heterocycles. The predicted octanol–water partition coefficient (Wildman–Crippen LogP) is 0.210. The second kappa shape index (κ2) is 6.12. The van der Waals surface area contributed by atoms with Crippen LogP contribution in [-0.2, 0) is 4.79 Å². The molecule has 0 aromatic heterocycles. The van der Waals surface area contributed by atoms with E-state index in [1.807, 2.05) is 0 Å². The van der Waals surface area contributed by atoms with Crippen molar-refractivity contribution in [2.24, 2.45) is 22.4 Å². The molecule has 0 aromatic rings. The maximum Gasteiger partial charge on any atom is 0.300 e. The Morgan fingerprint density at radius 1 is 1.69 bits per heavy atom. The molecule has 0 fully saturated rings. The quantitative estimate of drug-likeness (QED) is 0.539. The summed E-state index contributed by atoms with van der Waals surface area (Å²) in [4.78, 5) is 13.1. The van der Waals surface area contributed by atoms with Crippen molar-refractivity contribution in [3.63, 3.8) is 0 Å². The van der Waals surface area contributed by atoms with E-state index in [4.69, 9.17) is 21.4 Å². The largest absolute Gasteiger partial charge is 0.481 e. The zero-order valence-corrected chi connectivity index (χ0v) is 9.90. The highest BCUT2D eigenvalue weighted by atomic mass is 16.4. The van der Waals surface area contributed by atoms with Crippen molar-refractivity contribution in [2.75, 3.05) is 0 Å². The van der Waals surface area contributed by atoms with Crippen LogP contribution in [0.3, 0.4) is 0 Å². The number of carboxylic acids is 1. The Hall–Kier alpha value is -1.56. The van der Waals surface area contributed by atoms with Crippen molar-refractivity contribution in [2.45, 2.75) is 33.0 Å². The smallest absolute Gasteiger partial charge is 0.300 e. The van der Waals surface area contributed by atoms with Crippen molar-refractivity contribution in [3.8, 4) is 0 Å². The molecule has 1 rings (SSSR count). The lowest BCUT2D eigenvalue weighted by Crippen LogP contribution is -2.53. The molecule has 0 saturated heterocycles. The number of nitrogens with one attached hydrogen (secondary N) is 1. The number of carbonyl (C=O) groups is 1. The topological polar surface area (TPSA) is 114 Å². The molecule has 0 saturated carbocycles. The molecular weight excluding hydrogens is 208 g/mol. The first-order chi connectivity index (χ1) is 7.25. The van der Waals surface area contributed by atoms with E-state index in [1.54, 1.807) is 12.3 Å². The Labute approximate surface area is 95.4 Å². The molecule has 1 aliphatic heterocycles. The number of hydrogen-bond donors (Lipinski definition) is 4. The van der Waals surface area contributed by atoms with E-state index in [1.165, 1.54) is 0 Å². The number of rotatable bonds is 2. The van der Waals surface area contributed by atoms with Crippen LogP contribution in [0.2, 0.25) is 0 Å². The lowest BCUT2D eigenvalue weighted by molar-refractivity contribution is -0.134. The number of carboxylic acid groups (broad SMARTS) is 1. The molecule has 0 amide bonds. The maximum atomic E-state index is 9.00. The fourth-order valence-corrected chi connectivity index (χ4v) is 1.30. The van der Waals surface area contributed by atoms with Crippen LogP contribution < -0.4 is 16.8 Å². The van der Waals surface area contributed by atoms with Crippen LogP contribution in [-0.4, -0.2) is 22.7 Å². The van der Waals surface area contributed by atoms with E-state index in [9.17, 15) is 0 Å². The highest BCUT2D eigenvalue weighted by molar-refractivity contribution is 5.92. The molecule has 6 N–H and O–H groups in total. The summed E-state index contributed by atoms with van der Waals surface area (Å²) < 4.78 is 0. The van der Waals surface area contributed by atoms with E-state index in [0.29, 0.717) is 11.8 Å². The number of aliphatic imine (C=N–C) groups is 1. The van der Waals surface area contributed by atoms with E-state index < -0.39 is 11.8 Å². The Kier molecular flexibility index (Phi) is 5.52. The number of nitrogens with zero attached hydrogens (tertiary/aromatic N) is 1. The lowest BCUT2D eigenvalue weighted by atomic mass is 10.0. The summed E-state index contributed by atoms with van der Waals surface area (Å²) in [6.07, 6.45) is 4.22. The van der Waals surface area contributed by atoms with E-state index in [0.717, 1.165) is 13.3 Å². The molecule has 0 aliphatic carbocycles. The third-order valence-electron chi connectivity index (χ3n) is 1.64. The fourth-order valence-electron chi connectivity index (χ4n) is 1.30. The summed E-state index contributed by atoms with van der Waals surface area (Å²) in [6.45, 7) is 5.28. The molecule has 1 atom stereocenters. The van der Waals surface area contributed by atoms with Crippen LogP contribution in [0.4, 0.5) is 0 Å². The number of aliphatic carboxylic acids is 1. The van der Waals surface area contributed by atoms with Crippen molar-refractivity contribution >= 4 is 11.8 Å². The molecule has 92 valence electrons. The SMILES string of the molecule is CC(=O)O.CC(C)CC1(N)N=C(N)C=CN1. The molecule has 1 unspecified atom stereocenters. The molecule has 0 radical (unpaired) electrons. The van der Waals surface area contributed by atoms with Crippen LogP contribution in [0.25, 0.3) is 0 Å². The zero-order chi connectivity index (χ0) is 12.8. The molecule has 16 heavy (non-hydrogen) atoms. The number of amidine groups is 1. The van der Waals surface area contributed by atoms with Gasteiger partial charge in [0.1, 0.15) is 5.84 Å². The van der Waals surface area contributed by atoms with Gasteiger partial charge in [-0.05, 0) is 12.0 Å². The van der Waals surface area contributed by atoms with Crippen LogP contribution in [0.5, 0.6) is 0 Å². The molecule has 0 bridgehead atoms. The van der Waals surface area contributed by atoms with Crippen molar-refractivity contribution in [1.82, 2.24) is 5.32 Å². The van der Waals surface area contributed by atoms with Gasteiger partial charge in [-0.25, -0.2) is 4.99 Å². The minimum Gasteiger partial charge on any atom is -0.481 e. The summed E-state index contributed by atoms with van der Waals surface area (Å²) in [5, 5.41) is 10.4. The number of nitrogens with two attached hydrogens (primary N) is 2. The third-order valence-corrected chi connectivity index (χ3v) is 1.64. The molecular formula is C10H20N4O2. The second-order valence-corrected chi connectivity index (χ2v) is 4.06. The Bertz CT molecular complexity index is 295. The van der Waals surface area contributed by atoms with Gasteiger partial charge in [0, 0.05) is 19.5 Å². The summed E-state index contributed by atoms with van der Waals surface area (Å²) in [5.74, 6) is -0.560. The average molecular weight is 228 g/mol. The summed E-state index contributed by atoms with van der Waals surface area (Å²) in [7, 11) is 0. The van der Waals surface area contributed by atoms with Gasteiger partial charge in [0.05, 0.1) is 0 Å². The van der Waals surface area contributed by atoms with Gasteiger partial charge in [-0.3, -0.25) is 10.5 Å². The first-order valence-corrected chi connectivity index (χ1v) is 5.03. The standard InChI is InChI=1S/C8H16N4.C2H4O2/c1-6(2)5-8(10)11-4-3-7(9)12-8;1-2(3)4/h3-4,6,11H,5,10H2,1-2H3,(H2,9,12);1H3,(H,3,4). The number of hydrogen-bond acceptors (Lipinski definition) is 5. The molecule has 6 heteroatoms. The van der Waals surface area contributed by atoms with E-state index in [2.05, 4.69) is 24.2 Å². The predicted molar refractivity (Wildman–Crippen MR) is 63.6 cm³/mol. The van der Waals surface area contributed by atoms with Gasteiger partial charge < -0.3 is 16.2 Å². The first-order valence-electron chi connectivity index (χ1n) is 5.03. The van der Waals surface area contributed by atoms with Gasteiger partial charge in [-0.2, -0.15) is 0 Å². The zero-order valence-electron chi connectivity index (χ0n) is 9.90. The first kappa shape index (κ1) is 14.4. The van der Waals surface area contributed by atoms with Gasteiger partial charge in [0.15, 0.2) is 5.79 Å². The highest BCUT2D eigenvalue weighted by Crippen LogP contribution is 2.14. The average Bonchev–Trinajstić information content (AvgIpc) is 1.98. The third kappa shape index (κ3) is 6.83. The van der Waals surface area contributed by atoms with Crippen LogP contribution in [0.15, 0.2) is 17.3 Å². The Morgan fingerprint density at radius 2 is 2.19 bits per heavy atom. The summed E-state index contributed by atoms with van der Waals surface area (Å²) in [6, 6.07) is 0. The molecule has 1 aliphatic rings. The van der Waals surface area contributed by atoms with Crippen LogP contribution >= 0.6 is 0 Å². The monoisotopic (exact) mass is 228 g/mol. The van der Waals surface area contributed by atoms with E-state index in [-0.39, 0.29) is 0 Å². The van der Waals surface area contributed by atoms with Crippen molar-refractivity contribution < 1.29 is 9.90 Å². The van der Waals surface area contributed by atoms with Crippen LogP contribution in [0, 0.1) is 5.92 Å². The second-order valence-electron chi connectivity index (χ2n) is 4.06. The van der Waals surface area contributed by atoms with Gasteiger partial charge in [-0.1, -0.05) is 13.8 Å². The van der Waals surface area contributed by atoms with Crippen LogP contribution in [0.1, 0.15) is 27.2 Å². The highest BCUT2D eigenvalue weighted by Gasteiger charge is 2.25. The van der Waals surface area contributed by atoms with Crippen molar-refractivity contribution in [3.05, 3.63) is 12.3 Å². The molecule has 6 nitrogen and oxygen atoms in total. The summed E-state index contributed by atoms with van der Waals surface area (Å²) >= 11 is 0. The molecule has 0 aromatic carbocycles. The lowest BCUT2D eigenvalue weighted by Gasteiger charge is -2.29. The maximum absolute atomic E-state index is 9.00. The van der Waals surface area contributed by atoms with Gasteiger partial charge >= 0.3 is 0 Å². The fraction of sp³-hybridized carbons (Fsp3) is 0.600. The normalized spacial score (nSPS) is 22.9. The summed E-state index contributed by atoms with van der Waals surface area (Å²) in [5.41, 5.74) is 11.4. The Balaban J connectivity index is 0.000000487. The Morgan fingerprint density at radius 3 is 2.56 bits per heavy atom. The van der Waals surface area contributed by atoms with Crippen molar-refractivity contribution in [1.29, 1.82) is 0 Å². The minimum absolute atomic E-state index is 0.483. The van der Waals surface area contributed by atoms with E-state index >= 15 is 0 Å². The van der Waals surface area contributed by atoms with Gasteiger partial charge in [0.25, 0.3) is 5.97 Å². The van der Waals surface area contributed by atoms with Gasteiger partial charge in [-0.15, -0.1) is 0 Å². The minimum atomic E-state index is -0.833. The molecule has 0 spiro atoms. The van der Waals surface area contributed by atoms with Gasteiger partial charge in [0.2, 0.25) is 0 Å².